The number of alkyl halides is 6. The third-order valence-corrected chi connectivity index (χ3v) is 6.66. The third-order valence-electron chi connectivity index (χ3n) is 6.04. The molecular formula is C29H16Cl2F6O4. The fourth-order valence-corrected chi connectivity index (χ4v) is 4.42. The smallest absolute Gasteiger partial charge is 0.411 e. The average molecular weight is 613 g/mol. The van der Waals surface area contributed by atoms with Gasteiger partial charge in [0, 0.05) is 0 Å². The minimum absolute atomic E-state index is 0.0451. The van der Waals surface area contributed by atoms with Crippen LogP contribution in [0.3, 0.4) is 0 Å². The maximum absolute atomic E-state index is 14.5. The number of ether oxygens (including phenoxy) is 2. The number of carbonyl (C=O) groups is 2. The van der Waals surface area contributed by atoms with Gasteiger partial charge in [0.25, 0.3) is 0 Å². The fourth-order valence-electron chi connectivity index (χ4n) is 4.07. The van der Waals surface area contributed by atoms with Crippen molar-refractivity contribution in [3.63, 3.8) is 0 Å². The summed E-state index contributed by atoms with van der Waals surface area (Å²) in [6, 6.07) is 17.1. The Kier molecular flexibility index (Phi) is 8.37. The van der Waals surface area contributed by atoms with E-state index >= 15 is 0 Å². The number of benzene rings is 4. The maximum Gasteiger partial charge on any atom is 0.411 e. The lowest BCUT2D eigenvalue weighted by atomic mass is 9.72. The fraction of sp³-hybridized carbons (Fsp3) is 0.103. The molecule has 4 aromatic carbocycles. The molecule has 0 unspecified atom stereocenters. The van der Waals surface area contributed by atoms with Crippen LogP contribution in [0.15, 0.2) is 97.1 Å². The van der Waals surface area contributed by atoms with E-state index in [4.69, 9.17) is 32.7 Å². The van der Waals surface area contributed by atoms with Crippen molar-refractivity contribution in [1.29, 1.82) is 0 Å². The molecule has 0 aliphatic heterocycles. The van der Waals surface area contributed by atoms with Crippen molar-refractivity contribution in [2.75, 3.05) is 0 Å². The molecule has 0 radical (unpaired) electrons. The van der Waals surface area contributed by atoms with Gasteiger partial charge in [-0.3, -0.25) is 0 Å². The van der Waals surface area contributed by atoms with Gasteiger partial charge in [-0.1, -0.05) is 71.7 Å². The van der Waals surface area contributed by atoms with Gasteiger partial charge in [-0.05, 0) is 59.7 Å². The van der Waals surface area contributed by atoms with E-state index in [-0.39, 0.29) is 32.7 Å². The first kappa shape index (κ1) is 30.0. The van der Waals surface area contributed by atoms with Crippen molar-refractivity contribution < 1.29 is 45.4 Å². The van der Waals surface area contributed by atoms with Gasteiger partial charge in [-0.25, -0.2) is 9.59 Å². The van der Waals surface area contributed by atoms with E-state index in [2.05, 4.69) is 0 Å². The van der Waals surface area contributed by atoms with E-state index in [0.29, 0.717) is 24.3 Å². The third kappa shape index (κ3) is 5.89. The quantitative estimate of drug-likeness (QED) is 0.124. The summed E-state index contributed by atoms with van der Waals surface area (Å²) in [5.41, 5.74) is -7.55. The summed E-state index contributed by atoms with van der Waals surface area (Å²) < 4.78 is 97.1. The molecule has 0 heterocycles. The molecule has 0 aromatic heterocycles. The number of carbonyl (C=O) groups excluding carboxylic acids is 2. The minimum atomic E-state index is -5.88. The summed E-state index contributed by atoms with van der Waals surface area (Å²) >= 11 is 11.8. The predicted molar refractivity (Wildman–Crippen MR) is 139 cm³/mol. The highest BCUT2D eigenvalue weighted by molar-refractivity contribution is 6.32. The Morgan fingerprint density at radius 3 is 1.12 bits per heavy atom. The van der Waals surface area contributed by atoms with Crippen molar-refractivity contribution in [3.8, 4) is 11.5 Å². The van der Waals surface area contributed by atoms with Crippen molar-refractivity contribution in [2.24, 2.45) is 0 Å². The van der Waals surface area contributed by atoms with Gasteiger partial charge in [0.15, 0.2) is 0 Å². The zero-order chi connectivity index (χ0) is 30.0. The molecule has 0 aliphatic rings. The first-order chi connectivity index (χ1) is 19.3. The molecule has 4 rings (SSSR count). The Morgan fingerprint density at radius 2 is 0.829 bits per heavy atom. The predicted octanol–water partition coefficient (Wildman–Crippen LogP) is 8.84. The lowest BCUT2D eigenvalue weighted by Crippen LogP contribution is -2.54. The molecule has 4 nitrogen and oxygen atoms in total. The number of hydrogen-bond acceptors (Lipinski definition) is 4. The van der Waals surface area contributed by atoms with Crippen LogP contribution in [0.2, 0.25) is 10.0 Å². The van der Waals surface area contributed by atoms with E-state index in [9.17, 15) is 35.9 Å². The van der Waals surface area contributed by atoms with Gasteiger partial charge >= 0.3 is 24.3 Å². The summed E-state index contributed by atoms with van der Waals surface area (Å²) in [4.78, 5) is 24.9. The highest BCUT2D eigenvalue weighted by Gasteiger charge is 2.72. The highest BCUT2D eigenvalue weighted by Crippen LogP contribution is 2.56. The summed E-state index contributed by atoms with van der Waals surface area (Å²) in [6.07, 6.45) is -11.8. The average Bonchev–Trinajstić information content (AvgIpc) is 2.91. The van der Waals surface area contributed by atoms with Crippen LogP contribution in [-0.2, 0) is 5.41 Å². The SMILES string of the molecule is O=C(Oc1ccccc1Cl)c1ccc(C(c2ccc(C(=O)Oc3ccccc3Cl)cc2)(C(F)(F)F)C(F)(F)F)cc1. The van der Waals surface area contributed by atoms with E-state index in [1.807, 2.05) is 0 Å². The van der Waals surface area contributed by atoms with Gasteiger partial charge in [0.05, 0.1) is 21.2 Å². The first-order valence-electron chi connectivity index (χ1n) is 11.5. The molecule has 0 atom stereocenters. The van der Waals surface area contributed by atoms with Gasteiger partial charge in [-0.15, -0.1) is 0 Å². The second-order valence-corrected chi connectivity index (χ2v) is 9.35. The summed E-state index contributed by atoms with van der Waals surface area (Å²) in [5.74, 6) is -2.18. The van der Waals surface area contributed by atoms with E-state index in [1.165, 1.54) is 36.4 Å². The zero-order valence-corrected chi connectivity index (χ0v) is 21.9. The van der Waals surface area contributed by atoms with Crippen LogP contribution in [0.4, 0.5) is 26.3 Å². The number of hydrogen-bond donors (Lipinski definition) is 0. The Morgan fingerprint density at radius 1 is 0.512 bits per heavy atom. The van der Waals surface area contributed by atoms with Gasteiger partial charge in [0.2, 0.25) is 5.41 Å². The molecule has 0 fully saturated rings. The van der Waals surface area contributed by atoms with Crippen LogP contribution in [0.1, 0.15) is 31.8 Å². The van der Waals surface area contributed by atoms with Crippen molar-refractivity contribution in [2.45, 2.75) is 17.8 Å². The van der Waals surface area contributed by atoms with Crippen molar-refractivity contribution in [3.05, 3.63) is 129 Å². The van der Waals surface area contributed by atoms with Crippen LogP contribution in [0.5, 0.6) is 11.5 Å². The van der Waals surface area contributed by atoms with Crippen LogP contribution in [0, 0.1) is 0 Å². The zero-order valence-electron chi connectivity index (χ0n) is 20.4. The molecule has 4 aromatic rings. The van der Waals surface area contributed by atoms with Gasteiger partial charge in [-0.2, -0.15) is 26.3 Å². The molecule has 0 N–H and O–H groups in total. The second-order valence-electron chi connectivity index (χ2n) is 8.54. The Hall–Kier alpha value is -4.02. The number of esters is 2. The van der Waals surface area contributed by atoms with Gasteiger partial charge in [0.1, 0.15) is 11.5 Å². The van der Waals surface area contributed by atoms with Crippen LogP contribution in [-0.4, -0.2) is 24.3 Å². The largest absolute Gasteiger partial charge is 0.421 e. The highest BCUT2D eigenvalue weighted by atomic mass is 35.5. The monoisotopic (exact) mass is 612 g/mol. The summed E-state index contributed by atoms with van der Waals surface area (Å²) in [7, 11) is 0. The van der Waals surface area contributed by atoms with E-state index in [1.54, 1.807) is 12.1 Å². The molecular weight excluding hydrogens is 597 g/mol. The Balaban J connectivity index is 1.70. The first-order valence-corrected chi connectivity index (χ1v) is 12.3. The molecule has 0 spiro atoms. The van der Waals surface area contributed by atoms with E-state index in [0.717, 1.165) is 24.3 Å². The number of rotatable bonds is 6. The van der Waals surface area contributed by atoms with Crippen molar-refractivity contribution in [1.82, 2.24) is 0 Å². The molecule has 0 bridgehead atoms. The summed E-state index contributed by atoms with van der Waals surface area (Å²) in [5, 5.41) is 0.148. The van der Waals surface area contributed by atoms with Crippen LogP contribution < -0.4 is 9.47 Å². The molecule has 12 heteroatoms. The Bertz CT molecular complexity index is 1450. The molecule has 212 valence electrons. The molecule has 0 aliphatic carbocycles. The van der Waals surface area contributed by atoms with Crippen LogP contribution >= 0.6 is 23.2 Å². The molecule has 0 saturated heterocycles. The number of para-hydroxylation sites is 2. The minimum Gasteiger partial charge on any atom is -0.421 e. The standard InChI is InChI=1S/C29H16Cl2F6O4/c30-21-5-1-3-7-23(21)40-25(38)17-9-13-19(14-10-17)27(28(32,33)34,29(35,36)37)20-15-11-18(12-16-20)26(39)41-24-8-4-2-6-22(24)31/h1-16H. The van der Waals surface area contributed by atoms with Gasteiger partial charge < -0.3 is 9.47 Å². The molecule has 41 heavy (non-hydrogen) atoms. The lowest BCUT2D eigenvalue weighted by Gasteiger charge is -2.38. The Labute approximate surface area is 239 Å². The molecule has 0 amide bonds. The second kappa shape index (κ2) is 11.5. The van der Waals surface area contributed by atoms with Crippen LogP contribution in [0.25, 0.3) is 0 Å². The lowest BCUT2D eigenvalue weighted by molar-refractivity contribution is -0.288. The maximum atomic E-state index is 14.5. The topological polar surface area (TPSA) is 52.6 Å². The molecule has 0 saturated carbocycles. The normalized spacial score (nSPS) is 12.1. The van der Waals surface area contributed by atoms with Crippen molar-refractivity contribution >= 4 is 35.1 Å². The van der Waals surface area contributed by atoms with E-state index < -0.39 is 40.8 Å². The summed E-state index contributed by atoms with van der Waals surface area (Å²) in [6.45, 7) is 0. The number of halogens is 8.